The van der Waals surface area contributed by atoms with Gasteiger partial charge in [-0.05, 0) is 56.5 Å². The van der Waals surface area contributed by atoms with Crippen LogP contribution >= 0.6 is 0 Å². The molecule has 5 heteroatoms. The largest absolute Gasteiger partial charge is 0.426 e. The molecule has 0 unspecified atom stereocenters. The Balaban J connectivity index is 1.81. The summed E-state index contributed by atoms with van der Waals surface area (Å²) in [4.78, 5) is 25.0. The Morgan fingerprint density at radius 3 is 2.23 bits per heavy atom. The quantitative estimate of drug-likeness (QED) is 0.519. The Morgan fingerprint density at radius 2 is 1.58 bits per heavy atom. The molecule has 1 heterocycles. The van der Waals surface area contributed by atoms with Crippen molar-refractivity contribution in [2.24, 2.45) is 0 Å². The molecule has 5 nitrogen and oxygen atoms in total. The molecule has 0 saturated carbocycles. The molecule has 0 bridgehead atoms. The van der Waals surface area contributed by atoms with E-state index in [9.17, 15) is 9.59 Å². The number of hydrogen-bond acceptors (Lipinski definition) is 3. The number of nitrogens with zero attached hydrogens (tertiary/aromatic N) is 2. The molecular weight excluding hydrogens is 328 g/mol. The van der Waals surface area contributed by atoms with Crippen LogP contribution in [0.4, 0.5) is 0 Å². The second kappa shape index (κ2) is 7.20. The molecule has 0 aliphatic carbocycles. The summed E-state index contributed by atoms with van der Waals surface area (Å²) in [6, 6.07) is 11.6. The third kappa shape index (κ3) is 3.17. The Labute approximate surface area is 152 Å². The summed E-state index contributed by atoms with van der Waals surface area (Å²) in [7, 11) is 0. The van der Waals surface area contributed by atoms with Gasteiger partial charge in [0.05, 0.1) is 17.5 Å². The monoisotopic (exact) mass is 352 g/mol. The molecule has 0 amide bonds. The normalized spacial score (nSPS) is 11.1. The summed E-state index contributed by atoms with van der Waals surface area (Å²) in [6.07, 6.45) is 0.143. The number of para-hydroxylation sites is 2. The van der Waals surface area contributed by atoms with Crippen molar-refractivity contribution < 1.29 is 9.53 Å². The first kappa shape index (κ1) is 18.0. The molecule has 2 aromatic carbocycles. The van der Waals surface area contributed by atoms with E-state index in [1.807, 2.05) is 64.1 Å². The van der Waals surface area contributed by atoms with Crippen molar-refractivity contribution in [3.63, 3.8) is 0 Å². The van der Waals surface area contributed by atoms with E-state index in [1.165, 1.54) is 0 Å². The second-order valence-electron chi connectivity index (χ2n) is 6.54. The molecule has 0 aliphatic rings. The number of benzene rings is 2. The molecule has 0 spiro atoms. The van der Waals surface area contributed by atoms with Gasteiger partial charge in [0.1, 0.15) is 5.75 Å². The van der Waals surface area contributed by atoms with E-state index in [0.717, 1.165) is 27.7 Å². The molecule has 0 saturated heterocycles. The van der Waals surface area contributed by atoms with Gasteiger partial charge < -0.3 is 4.74 Å². The van der Waals surface area contributed by atoms with Gasteiger partial charge in [-0.3, -0.25) is 13.9 Å². The molecule has 0 N–H and O–H groups in total. The van der Waals surface area contributed by atoms with Crippen molar-refractivity contribution in [1.82, 2.24) is 9.13 Å². The average molecular weight is 352 g/mol. The zero-order valence-corrected chi connectivity index (χ0v) is 15.7. The number of imidazole rings is 1. The molecular formula is C21H24N2O3. The second-order valence-corrected chi connectivity index (χ2v) is 6.54. The Kier molecular flexibility index (Phi) is 4.98. The highest BCUT2D eigenvalue weighted by Crippen LogP contribution is 2.26. The fourth-order valence-electron chi connectivity index (χ4n) is 3.24. The van der Waals surface area contributed by atoms with Gasteiger partial charge in [0.15, 0.2) is 0 Å². The third-order valence-corrected chi connectivity index (χ3v) is 4.87. The number of aryl methyl sites for hydroxylation is 4. The van der Waals surface area contributed by atoms with Crippen LogP contribution in [0, 0.1) is 20.8 Å². The van der Waals surface area contributed by atoms with E-state index in [0.29, 0.717) is 18.8 Å². The van der Waals surface area contributed by atoms with Crippen LogP contribution in [0.3, 0.4) is 0 Å². The number of rotatable bonds is 5. The van der Waals surface area contributed by atoms with Crippen LogP contribution in [0.15, 0.2) is 41.2 Å². The van der Waals surface area contributed by atoms with Crippen molar-refractivity contribution in [3.05, 3.63) is 63.6 Å². The van der Waals surface area contributed by atoms with Gasteiger partial charge in [-0.25, -0.2) is 4.79 Å². The lowest BCUT2D eigenvalue weighted by atomic mass is 10.1. The topological polar surface area (TPSA) is 53.2 Å². The number of carbonyl (C=O) groups is 1. The minimum absolute atomic E-state index is 0.0931. The van der Waals surface area contributed by atoms with Crippen LogP contribution in [-0.4, -0.2) is 15.1 Å². The highest BCUT2D eigenvalue weighted by molar-refractivity contribution is 5.77. The van der Waals surface area contributed by atoms with Crippen LogP contribution in [0.2, 0.25) is 0 Å². The van der Waals surface area contributed by atoms with Gasteiger partial charge in [0, 0.05) is 13.1 Å². The molecule has 0 fully saturated rings. The first-order valence-corrected chi connectivity index (χ1v) is 8.89. The predicted octanol–water partition coefficient (Wildman–Crippen LogP) is 3.74. The first-order chi connectivity index (χ1) is 12.4. The predicted molar refractivity (Wildman–Crippen MR) is 103 cm³/mol. The van der Waals surface area contributed by atoms with Crippen LogP contribution in [0.1, 0.15) is 30.0 Å². The molecule has 1 aromatic heterocycles. The maximum Gasteiger partial charge on any atom is 0.329 e. The Hall–Kier alpha value is -2.82. The minimum atomic E-state index is -0.331. The van der Waals surface area contributed by atoms with Crippen molar-refractivity contribution >= 4 is 17.0 Å². The molecule has 3 aromatic rings. The zero-order valence-electron chi connectivity index (χ0n) is 15.7. The number of fused-ring (bicyclic) bond motifs is 1. The van der Waals surface area contributed by atoms with Gasteiger partial charge in [0.25, 0.3) is 0 Å². The number of hydrogen-bond donors (Lipinski definition) is 0. The van der Waals surface area contributed by atoms with E-state index < -0.39 is 0 Å². The Morgan fingerprint density at radius 1 is 0.962 bits per heavy atom. The Bertz CT molecular complexity index is 1030. The maximum atomic E-state index is 12.6. The van der Waals surface area contributed by atoms with Crippen LogP contribution in [0.25, 0.3) is 11.0 Å². The smallest absolute Gasteiger partial charge is 0.329 e. The number of carbonyl (C=O) groups excluding carboxylic acids is 1. The van der Waals surface area contributed by atoms with Crippen molar-refractivity contribution in [3.8, 4) is 5.75 Å². The van der Waals surface area contributed by atoms with Gasteiger partial charge in [0.2, 0.25) is 0 Å². The molecule has 0 aliphatic heterocycles. The van der Waals surface area contributed by atoms with E-state index in [1.54, 1.807) is 9.13 Å². The zero-order chi connectivity index (χ0) is 18.8. The summed E-state index contributed by atoms with van der Waals surface area (Å²) in [5, 5.41) is 0. The van der Waals surface area contributed by atoms with Gasteiger partial charge in [-0.15, -0.1) is 0 Å². The summed E-state index contributed by atoms with van der Waals surface area (Å²) < 4.78 is 8.97. The average Bonchev–Trinajstić information content (AvgIpc) is 2.91. The van der Waals surface area contributed by atoms with E-state index in [-0.39, 0.29) is 18.1 Å². The van der Waals surface area contributed by atoms with Crippen molar-refractivity contribution in [1.29, 1.82) is 0 Å². The van der Waals surface area contributed by atoms with Gasteiger partial charge in [-0.2, -0.15) is 0 Å². The number of ether oxygens (including phenoxy) is 1. The molecule has 26 heavy (non-hydrogen) atoms. The van der Waals surface area contributed by atoms with E-state index in [2.05, 4.69) is 0 Å². The summed E-state index contributed by atoms with van der Waals surface area (Å²) in [6.45, 7) is 8.70. The third-order valence-electron chi connectivity index (χ3n) is 4.87. The summed E-state index contributed by atoms with van der Waals surface area (Å²) in [5.41, 5.74) is 4.62. The number of aromatic nitrogens is 2. The summed E-state index contributed by atoms with van der Waals surface area (Å²) in [5.74, 6) is 0.292. The molecule has 3 rings (SSSR count). The fourth-order valence-corrected chi connectivity index (χ4v) is 3.24. The summed E-state index contributed by atoms with van der Waals surface area (Å²) >= 11 is 0. The van der Waals surface area contributed by atoms with Gasteiger partial charge >= 0.3 is 11.7 Å². The van der Waals surface area contributed by atoms with Crippen LogP contribution in [-0.2, 0) is 17.9 Å². The fraction of sp³-hybridized carbons (Fsp3) is 0.333. The molecule has 0 atom stereocenters. The van der Waals surface area contributed by atoms with Crippen LogP contribution < -0.4 is 10.4 Å². The minimum Gasteiger partial charge on any atom is -0.426 e. The lowest BCUT2D eigenvalue weighted by Gasteiger charge is -2.12. The molecule has 136 valence electrons. The number of esters is 1. The maximum absolute atomic E-state index is 12.6. The van der Waals surface area contributed by atoms with E-state index in [4.69, 9.17) is 4.74 Å². The standard InChI is InChI=1S/C21H24N2O3/c1-5-22-17-8-6-7-9-18(17)23(21(22)25)13-12-19(24)26-20-15(3)11-10-14(2)16(20)4/h6-11H,5,12-13H2,1-4H3. The van der Waals surface area contributed by atoms with Crippen LogP contribution in [0.5, 0.6) is 5.75 Å². The SMILES string of the molecule is CCn1c(=O)n(CCC(=O)Oc2c(C)ccc(C)c2C)c2ccccc21. The lowest BCUT2D eigenvalue weighted by molar-refractivity contribution is -0.134. The van der Waals surface area contributed by atoms with Crippen molar-refractivity contribution in [2.45, 2.75) is 47.2 Å². The first-order valence-electron chi connectivity index (χ1n) is 8.89. The lowest BCUT2D eigenvalue weighted by Crippen LogP contribution is -2.25. The van der Waals surface area contributed by atoms with Crippen molar-refractivity contribution in [2.75, 3.05) is 0 Å². The highest BCUT2D eigenvalue weighted by atomic mass is 16.5. The molecule has 0 radical (unpaired) electrons. The van der Waals surface area contributed by atoms with Gasteiger partial charge in [-0.1, -0.05) is 24.3 Å². The highest BCUT2D eigenvalue weighted by Gasteiger charge is 2.15. The van der Waals surface area contributed by atoms with E-state index >= 15 is 0 Å².